The van der Waals surface area contributed by atoms with E-state index in [4.69, 9.17) is 4.74 Å². The third-order valence-electron chi connectivity index (χ3n) is 5.12. The Morgan fingerprint density at radius 1 is 1.06 bits per heavy atom. The van der Waals surface area contributed by atoms with Gasteiger partial charge in [0.15, 0.2) is 4.80 Å². The summed E-state index contributed by atoms with van der Waals surface area (Å²) in [5.41, 5.74) is 2.54. The highest BCUT2D eigenvalue weighted by Crippen LogP contribution is 2.24. The van der Waals surface area contributed by atoms with Crippen LogP contribution in [0, 0.1) is 6.92 Å². The number of benzene rings is 2. The highest BCUT2D eigenvalue weighted by atomic mass is 32.1. The van der Waals surface area contributed by atoms with Crippen molar-refractivity contribution in [1.29, 1.82) is 0 Å². The van der Waals surface area contributed by atoms with Gasteiger partial charge in [-0.05, 0) is 49.7 Å². The van der Waals surface area contributed by atoms with Crippen LogP contribution >= 0.6 is 11.3 Å². The van der Waals surface area contributed by atoms with Crippen LogP contribution in [0.15, 0.2) is 47.5 Å². The number of esters is 1. The quantitative estimate of drug-likeness (QED) is 0.439. The number of amides is 3. The monoisotopic (exact) mass is 451 g/mol. The Balaban J connectivity index is 1.70. The average Bonchev–Trinajstić information content (AvgIpc) is 3.28. The molecule has 0 atom stereocenters. The van der Waals surface area contributed by atoms with Crippen molar-refractivity contribution < 1.29 is 23.9 Å². The highest BCUT2D eigenvalue weighted by Gasteiger charge is 2.30. The summed E-state index contributed by atoms with van der Waals surface area (Å²) in [6.45, 7) is 3.88. The minimum Gasteiger partial charge on any atom is -0.465 e. The lowest BCUT2D eigenvalue weighted by Crippen LogP contribution is -2.28. The maximum absolute atomic E-state index is 12.9. The molecule has 1 aromatic heterocycles. The molecule has 164 valence electrons. The molecular weight excluding hydrogens is 430 g/mol. The molecule has 0 unspecified atom stereocenters. The third kappa shape index (κ3) is 4.11. The minimum absolute atomic E-state index is 0.0527. The molecule has 0 saturated carbocycles. The number of nitrogens with zero attached hydrogens (tertiary/aromatic N) is 3. The predicted molar refractivity (Wildman–Crippen MR) is 119 cm³/mol. The van der Waals surface area contributed by atoms with Crippen LogP contribution < -0.4 is 9.70 Å². The van der Waals surface area contributed by atoms with Gasteiger partial charge in [-0.3, -0.25) is 24.1 Å². The van der Waals surface area contributed by atoms with Crippen LogP contribution in [0.1, 0.15) is 35.7 Å². The Morgan fingerprint density at radius 2 is 1.75 bits per heavy atom. The van der Waals surface area contributed by atoms with E-state index in [0.29, 0.717) is 16.1 Å². The fourth-order valence-corrected chi connectivity index (χ4v) is 4.75. The van der Waals surface area contributed by atoms with Crippen molar-refractivity contribution in [3.63, 3.8) is 0 Å². The highest BCUT2D eigenvalue weighted by molar-refractivity contribution is 7.16. The zero-order chi connectivity index (χ0) is 22.8. The summed E-state index contributed by atoms with van der Waals surface area (Å²) in [5.74, 6) is -1.40. The molecule has 1 fully saturated rings. The van der Waals surface area contributed by atoms with Crippen LogP contribution in [0.5, 0.6) is 0 Å². The molecule has 0 N–H and O–H groups in total. The van der Waals surface area contributed by atoms with Crippen molar-refractivity contribution in [3.05, 3.63) is 58.4 Å². The normalized spacial score (nSPS) is 14.4. The number of imide groups is 1. The Bertz CT molecular complexity index is 1290. The second-order valence-corrected chi connectivity index (χ2v) is 8.29. The first kappa shape index (κ1) is 21.6. The van der Waals surface area contributed by atoms with Gasteiger partial charge in [-0.15, -0.1) is 0 Å². The predicted octanol–water partition coefficient (Wildman–Crippen LogP) is 2.97. The topological polar surface area (TPSA) is 98.0 Å². The van der Waals surface area contributed by atoms with E-state index < -0.39 is 11.9 Å². The number of para-hydroxylation sites is 1. The first-order chi connectivity index (χ1) is 15.4. The van der Waals surface area contributed by atoms with Gasteiger partial charge in [-0.25, -0.2) is 0 Å². The number of thiazole rings is 1. The summed E-state index contributed by atoms with van der Waals surface area (Å²) < 4.78 is 7.69. The van der Waals surface area contributed by atoms with Gasteiger partial charge in [-0.2, -0.15) is 4.99 Å². The zero-order valence-corrected chi connectivity index (χ0v) is 18.5. The van der Waals surface area contributed by atoms with E-state index in [1.807, 2.05) is 25.1 Å². The van der Waals surface area contributed by atoms with Crippen LogP contribution in [0.2, 0.25) is 0 Å². The Labute approximate surface area is 187 Å². The molecule has 0 spiro atoms. The average molecular weight is 452 g/mol. The van der Waals surface area contributed by atoms with E-state index in [2.05, 4.69) is 4.99 Å². The minimum atomic E-state index is -0.488. The molecule has 1 aliphatic heterocycles. The molecule has 0 bridgehead atoms. The largest absolute Gasteiger partial charge is 0.465 e. The molecule has 32 heavy (non-hydrogen) atoms. The number of hydrogen-bond donors (Lipinski definition) is 0. The molecule has 4 rings (SSSR count). The summed E-state index contributed by atoms with van der Waals surface area (Å²) in [6, 6.07) is 12.0. The summed E-state index contributed by atoms with van der Waals surface area (Å²) in [7, 11) is 0. The van der Waals surface area contributed by atoms with Crippen LogP contribution in [0.3, 0.4) is 0 Å². The number of hydrogen-bond acceptors (Lipinski definition) is 6. The molecule has 2 heterocycles. The molecule has 1 saturated heterocycles. The number of fused-ring (bicyclic) bond motifs is 1. The molecular formula is C23H21N3O5S. The lowest BCUT2D eigenvalue weighted by atomic mass is 10.2. The maximum Gasteiger partial charge on any atom is 0.326 e. The van der Waals surface area contributed by atoms with E-state index in [0.717, 1.165) is 20.7 Å². The van der Waals surface area contributed by atoms with Crippen LogP contribution in [-0.2, 0) is 25.7 Å². The van der Waals surface area contributed by atoms with Crippen LogP contribution in [-0.4, -0.2) is 34.9 Å². The second-order valence-electron chi connectivity index (χ2n) is 7.28. The Morgan fingerprint density at radius 3 is 2.41 bits per heavy atom. The Kier molecular flexibility index (Phi) is 6.00. The fourth-order valence-electron chi connectivity index (χ4n) is 3.64. The SMILES string of the molecule is CCOC(=O)Cn1c(=NC(=O)c2ccc(N3C(=O)CCC3=O)cc2)sc2cccc(C)c21. The first-order valence-electron chi connectivity index (χ1n) is 10.2. The number of aryl methyl sites for hydroxylation is 1. The molecule has 1 aliphatic rings. The van der Waals surface area contributed by atoms with Gasteiger partial charge >= 0.3 is 5.97 Å². The van der Waals surface area contributed by atoms with E-state index in [-0.39, 0.29) is 37.8 Å². The molecule has 2 aromatic carbocycles. The second kappa shape index (κ2) is 8.88. The third-order valence-corrected chi connectivity index (χ3v) is 6.16. The lowest BCUT2D eigenvalue weighted by Gasteiger charge is -2.13. The van der Waals surface area contributed by atoms with Gasteiger partial charge in [0, 0.05) is 18.4 Å². The number of carbonyl (C=O) groups is 4. The number of carbonyl (C=O) groups excluding carboxylic acids is 4. The number of rotatable bonds is 5. The molecule has 9 heteroatoms. The Hall–Kier alpha value is -3.59. The molecule has 0 radical (unpaired) electrons. The summed E-state index contributed by atoms with van der Waals surface area (Å²) in [6.07, 6.45) is 0.390. The maximum atomic E-state index is 12.9. The van der Waals surface area contributed by atoms with E-state index in [9.17, 15) is 19.2 Å². The lowest BCUT2D eigenvalue weighted by molar-refractivity contribution is -0.143. The van der Waals surface area contributed by atoms with Crippen molar-refractivity contribution in [3.8, 4) is 0 Å². The van der Waals surface area contributed by atoms with E-state index >= 15 is 0 Å². The van der Waals surface area contributed by atoms with Crippen LogP contribution in [0.4, 0.5) is 5.69 Å². The zero-order valence-electron chi connectivity index (χ0n) is 17.7. The van der Waals surface area contributed by atoms with E-state index in [1.54, 1.807) is 23.6 Å². The summed E-state index contributed by atoms with van der Waals surface area (Å²) >= 11 is 1.32. The van der Waals surface area contributed by atoms with Gasteiger partial charge in [0.25, 0.3) is 5.91 Å². The first-order valence-corrected chi connectivity index (χ1v) is 11.0. The van der Waals surface area contributed by atoms with Gasteiger partial charge in [0.2, 0.25) is 11.8 Å². The van der Waals surface area contributed by atoms with Gasteiger partial charge in [0.05, 0.1) is 22.5 Å². The molecule has 0 aliphatic carbocycles. The van der Waals surface area contributed by atoms with Crippen LogP contribution in [0.25, 0.3) is 10.2 Å². The smallest absolute Gasteiger partial charge is 0.326 e. The van der Waals surface area contributed by atoms with E-state index in [1.165, 1.54) is 23.5 Å². The van der Waals surface area contributed by atoms with Gasteiger partial charge < -0.3 is 9.30 Å². The van der Waals surface area contributed by atoms with Crippen molar-refractivity contribution in [2.45, 2.75) is 33.2 Å². The molecule has 8 nitrogen and oxygen atoms in total. The number of ether oxygens (including phenoxy) is 1. The fraction of sp³-hybridized carbons (Fsp3) is 0.261. The summed E-state index contributed by atoms with van der Waals surface area (Å²) in [5, 5.41) is 0. The van der Waals surface area contributed by atoms with Crippen molar-refractivity contribution in [2.24, 2.45) is 4.99 Å². The number of anilines is 1. The summed E-state index contributed by atoms with van der Waals surface area (Å²) in [4.78, 5) is 54.6. The van der Waals surface area contributed by atoms with Crippen molar-refractivity contribution in [1.82, 2.24) is 4.57 Å². The van der Waals surface area contributed by atoms with Gasteiger partial charge in [0.1, 0.15) is 6.54 Å². The van der Waals surface area contributed by atoms with Gasteiger partial charge in [-0.1, -0.05) is 23.5 Å². The van der Waals surface area contributed by atoms with Crippen molar-refractivity contribution in [2.75, 3.05) is 11.5 Å². The standard InChI is InChI=1S/C23H21N3O5S/c1-3-31-20(29)13-25-21-14(2)5-4-6-17(21)32-23(25)24-22(30)15-7-9-16(10-8-15)26-18(27)11-12-19(26)28/h4-10H,3,11-13H2,1-2H3. The van der Waals surface area contributed by atoms with Crippen molar-refractivity contribution >= 4 is 50.9 Å². The number of aromatic nitrogens is 1. The molecule has 3 amide bonds. The molecule has 3 aromatic rings.